The topological polar surface area (TPSA) is 28.2 Å². The lowest BCUT2D eigenvalue weighted by atomic mass is 10.1. The van der Waals surface area contributed by atoms with Gasteiger partial charge in [0, 0.05) is 31.9 Å². The molecule has 1 aliphatic carbocycles. The molecule has 1 aromatic rings. The van der Waals surface area contributed by atoms with Crippen LogP contribution in [0.4, 0.5) is 5.69 Å². The molecule has 0 aromatic carbocycles. The molecule has 1 fully saturated rings. The predicted octanol–water partition coefficient (Wildman–Crippen LogP) is 3.21. The lowest BCUT2D eigenvalue weighted by Gasteiger charge is -2.26. The lowest BCUT2D eigenvalue weighted by molar-refractivity contribution is 0.586. The molecule has 0 unspecified atom stereocenters. The van der Waals surface area contributed by atoms with E-state index >= 15 is 0 Å². The molecular formula is C16H27N3. The Bertz CT molecular complexity index is 385. The van der Waals surface area contributed by atoms with E-state index in [0.29, 0.717) is 6.04 Å². The van der Waals surface area contributed by atoms with Gasteiger partial charge < -0.3 is 10.2 Å². The van der Waals surface area contributed by atoms with Crippen molar-refractivity contribution in [3.63, 3.8) is 0 Å². The first kappa shape index (κ1) is 14.3. The van der Waals surface area contributed by atoms with Crippen molar-refractivity contribution in [1.82, 2.24) is 10.3 Å². The normalized spacial score (nSPS) is 14.9. The van der Waals surface area contributed by atoms with Crippen molar-refractivity contribution in [2.24, 2.45) is 5.92 Å². The minimum Gasteiger partial charge on any atom is -0.370 e. The van der Waals surface area contributed by atoms with Crippen molar-refractivity contribution in [3.05, 3.63) is 24.0 Å². The fourth-order valence-corrected chi connectivity index (χ4v) is 2.36. The number of anilines is 1. The van der Waals surface area contributed by atoms with Crippen molar-refractivity contribution in [2.45, 2.75) is 52.6 Å². The molecule has 0 atom stereocenters. The first-order chi connectivity index (χ1) is 9.20. The van der Waals surface area contributed by atoms with E-state index in [-0.39, 0.29) is 0 Å². The Morgan fingerprint density at radius 2 is 2.21 bits per heavy atom. The molecule has 1 aromatic heterocycles. The van der Waals surface area contributed by atoms with Crippen molar-refractivity contribution < 1.29 is 0 Å². The number of nitrogens with one attached hydrogen (secondary N) is 1. The summed E-state index contributed by atoms with van der Waals surface area (Å²) in [5.41, 5.74) is 2.70. The van der Waals surface area contributed by atoms with Gasteiger partial charge in [0.1, 0.15) is 0 Å². The highest BCUT2D eigenvalue weighted by atomic mass is 15.1. The Labute approximate surface area is 117 Å². The third-order valence-corrected chi connectivity index (χ3v) is 3.60. The Hall–Kier alpha value is -1.09. The second-order valence-electron chi connectivity index (χ2n) is 5.93. The summed E-state index contributed by atoms with van der Waals surface area (Å²) in [6.45, 7) is 9.90. The number of aromatic nitrogens is 1. The molecule has 106 valence electrons. The number of hydrogen-bond donors (Lipinski definition) is 1. The quantitative estimate of drug-likeness (QED) is 0.779. The maximum atomic E-state index is 4.33. The molecule has 1 aliphatic rings. The molecule has 19 heavy (non-hydrogen) atoms. The van der Waals surface area contributed by atoms with Crippen LogP contribution in [0, 0.1) is 5.92 Å². The summed E-state index contributed by atoms with van der Waals surface area (Å²) >= 11 is 0. The summed E-state index contributed by atoms with van der Waals surface area (Å²) in [4.78, 5) is 6.86. The largest absolute Gasteiger partial charge is 0.370 e. The first-order valence-corrected chi connectivity index (χ1v) is 7.62. The number of rotatable bonds is 8. The fourth-order valence-electron chi connectivity index (χ4n) is 2.36. The highest BCUT2D eigenvalue weighted by Gasteiger charge is 2.25. The van der Waals surface area contributed by atoms with Gasteiger partial charge in [0.05, 0.1) is 11.9 Å². The smallest absolute Gasteiger partial charge is 0.0598 e. The summed E-state index contributed by atoms with van der Waals surface area (Å²) in [5.74, 6) is 0.915. The highest BCUT2D eigenvalue weighted by molar-refractivity contribution is 5.51. The average Bonchev–Trinajstić information content (AvgIpc) is 3.20. The van der Waals surface area contributed by atoms with Gasteiger partial charge in [-0.3, -0.25) is 4.98 Å². The van der Waals surface area contributed by atoms with Crippen LogP contribution >= 0.6 is 0 Å². The third kappa shape index (κ3) is 4.50. The fraction of sp³-hybridized carbons (Fsp3) is 0.688. The molecule has 1 saturated carbocycles. The summed E-state index contributed by atoms with van der Waals surface area (Å²) in [7, 11) is 0. The third-order valence-electron chi connectivity index (χ3n) is 3.60. The van der Waals surface area contributed by atoms with E-state index in [1.54, 1.807) is 0 Å². The molecular weight excluding hydrogens is 234 g/mol. The average molecular weight is 261 g/mol. The summed E-state index contributed by atoms with van der Waals surface area (Å²) in [6.07, 6.45) is 7.94. The minimum atomic E-state index is 0.518. The van der Waals surface area contributed by atoms with Gasteiger partial charge in [-0.05, 0) is 36.8 Å². The SMILES string of the molecule is CCCN(CC1CC1)c1cnccc1CNC(C)C. The van der Waals surface area contributed by atoms with Crippen LogP contribution in [0.2, 0.25) is 0 Å². The number of pyridine rings is 1. The van der Waals surface area contributed by atoms with Crippen molar-refractivity contribution >= 4 is 5.69 Å². The maximum absolute atomic E-state index is 4.33. The first-order valence-electron chi connectivity index (χ1n) is 7.62. The molecule has 0 radical (unpaired) electrons. The monoisotopic (exact) mass is 261 g/mol. The Balaban J connectivity index is 2.09. The van der Waals surface area contributed by atoms with Crippen LogP contribution in [-0.2, 0) is 6.54 Å². The van der Waals surface area contributed by atoms with Gasteiger partial charge in [-0.2, -0.15) is 0 Å². The summed E-state index contributed by atoms with van der Waals surface area (Å²) in [6, 6.07) is 2.67. The number of nitrogens with zero attached hydrogens (tertiary/aromatic N) is 2. The predicted molar refractivity (Wildman–Crippen MR) is 81.4 cm³/mol. The van der Waals surface area contributed by atoms with E-state index in [9.17, 15) is 0 Å². The minimum absolute atomic E-state index is 0.518. The standard InChI is InChI=1S/C16H27N3/c1-4-9-19(12-14-5-6-14)16-11-17-8-7-15(16)10-18-13(2)3/h7-8,11,13-14,18H,4-6,9-10,12H2,1-3H3. The van der Waals surface area contributed by atoms with Crippen LogP contribution in [0.1, 0.15) is 45.6 Å². The molecule has 0 saturated heterocycles. The van der Waals surface area contributed by atoms with Crippen LogP contribution in [0.3, 0.4) is 0 Å². The van der Waals surface area contributed by atoms with E-state index in [1.165, 1.54) is 37.1 Å². The summed E-state index contributed by atoms with van der Waals surface area (Å²) < 4.78 is 0. The van der Waals surface area contributed by atoms with E-state index in [0.717, 1.165) is 19.0 Å². The Morgan fingerprint density at radius 3 is 2.84 bits per heavy atom. The van der Waals surface area contributed by atoms with Crippen molar-refractivity contribution in [2.75, 3.05) is 18.0 Å². The maximum Gasteiger partial charge on any atom is 0.0598 e. The van der Waals surface area contributed by atoms with E-state index < -0.39 is 0 Å². The van der Waals surface area contributed by atoms with E-state index in [4.69, 9.17) is 0 Å². The van der Waals surface area contributed by atoms with Crippen LogP contribution in [0.15, 0.2) is 18.5 Å². The zero-order chi connectivity index (χ0) is 13.7. The van der Waals surface area contributed by atoms with Gasteiger partial charge in [0.2, 0.25) is 0 Å². The van der Waals surface area contributed by atoms with Crippen molar-refractivity contribution in [3.8, 4) is 0 Å². The molecule has 2 rings (SSSR count). The van der Waals surface area contributed by atoms with Crippen LogP contribution < -0.4 is 10.2 Å². The van der Waals surface area contributed by atoms with Gasteiger partial charge in [-0.1, -0.05) is 20.8 Å². The molecule has 0 amide bonds. The number of hydrogen-bond acceptors (Lipinski definition) is 3. The van der Waals surface area contributed by atoms with Crippen molar-refractivity contribution in [1.29, 1.82) is 0 Å². The zero-order valence-corrected chi connectivity index (χ0v) is 12.5. The van der Waals surface area contributed by atoms with Crippen LogP contribution in [-0.4, -0.2) is 24.1 Å². The molecule has 1 N–H and O–H groups in total. The summed E-state index contributed by atoms with van der Waals surface area (Å²) in [5, 5.41) is 3.51. The molecule has 0 bridgehead atoms. The highest BCUT2D eigenvalue weighted by Crippen LogP contribution is 2.32. The molecule has 0 aliphatic heterocycles. The molecule has 0 spiro atoms. The van der Waals surface area contributed by atoms with Gasteiger partial charge in [0.15, 0.2) is 0 Å². The van der Waals surface area contributed by atoms with Gasteiger partial charge >= 0.3 is 0 Å². The van der Waals surface area contributed by atoms with Crippen LogP contribution in [0.5, 0.6) is 0 Å². The molecule has 1 heterocycles. The van der Waals surface area contributed by atoms with Crippen LogP contribution in [0.25, 0.3) is 0 Å². The Morgan fingerprint density at radius 1 is 1.42 bits per heavy atom. The molecule has 3 heteroatoms. The zero-order valence-electron chi connectivity index (χ0n) is 12.5. The second kappa shape index (κ2) is 6.90. The van der Waals surface area contributed by atoms with E-state index in [1.807, 2.05) is 12.4 Å². The van der Waals surface area contributed by atoms with E-state index in [2.05, 4.69) is 42.0 Å². The lowest BCUT2D eigenvalue weighted by Crippen LogP contribution is -2.29. The van der Waals surface area contributed by atoms with Gasteiger partial charge in [-0.25, -0.2) is 0 Å². The second-order valence-corrected chi connectivity index (χ2v) is 5.93. The van der Waals surface area contributed by atoms with Gasteiger partial charge in [-0.15, -0.1) is 0 Å². The Kier molecular flexibility index (Phi) is 5.20. The van der Waals surface area contributed by atoms with Gasteiger partial charge in [0.25, 0.3) is 0 Å². The molecule has 3 nitrogen and oxygen atoms in total.